The van der Waals surface area contributed by atoms with Gasteiger partial charge in [0, 0.05) is 6.42 Å². The van der Waals surface area contributed by atoms with Gasteiger partial charge in [0.25, 0.3) is 0 Å². The molecule has 0 saturated carbocycles. The molecule has 0 aliphatic carbocycles. The summed E-state index contributed by atoms with van der Waals surface area (Å²) in [6.45, 7) is 1.65. The Hall–Kier alpha value is -2.25. The molecule has 448 valence electrons. The molecule has 0 aromatic heterocycles. The van der Waals surface area contributed by atoms with Gasteiger partial charge in [-0.3, -0.25) is 4.79 Å². The lowest BCUT2D eigenvalue weighted by Crippen LogP contribution is -2.66. The molecule has 3 heterocycles. The van der Waals surface area contributed by atoms with E-state index in [4.69, 9.17) is 28.4 Å². The second kappa shape index (κ2) is 41.7. The zero-order valence-corrected chi connectivity index (χ0v) is 46.4. The summed E-state index contributed by atoms with van der Waals surface area (Å²) in [6, 6.07) is -0.999. The Morgan fingerprint density at radius 3 is 1.30 bits per heavy atom. The summed E-state index contributed by atoms with van der Waals surface area (Å²) in [5.74, 6) is -0.301. The molecule has 3 rings (SSSR count). The molecule has 17 atom stereocenters. The fourth-order valence-corrected chi connectivity index (χ4v) is 9.69. The van der Waals surface area contributed by atoms with Crippen LogP contribution in [0.5, 0.6) is 0 Å². The molecule has 3 aliphatic rings. The standard InChI is InChI=1S/C58H103NO18/c1-3-5-7-9-11-13-15-17-19-20-21-22-23-25-27-29-31-33-35-42(63)41(59-46(64)36-34-32-30-28-26-24-18-16-14-12-10-8-6-4-2)40-72-56-52(70)49(67)54(44(38-61)74-56)77-58-53(71)50(68)55(45(39-62)75-58)76-57-51(69)48(66)47(65)43(37-60)73-57/h16,18,20-21,25,27,33,35,41-45,47-58,60-63,65-71H,3-15,17,19,22-24,26,28-32,34,36-40H2,1-2H3,(H,59,64)/b18-16-,21-20+,27-25+,35-33+. The number of allylic oxidation sites excluding steroid dienone is 7. The number of carbonyl (C=O) groups excluding carboxylic acids is 1. The number of hydrogen-bond donors (Lipinski definition) is 12. The van der Waals surface area contributed by atoms with Gasteiger partial charge in [-0.25, -0.2) is 0 Å². The minimum Gasteiger partial charge on any atom is -0.394 e. The van der Waals surface area contributed by atoms with Crippen molar-refractivity contribution in [3.63, 3.8) is 0 Å². The summed E-state index contributed by atoms with van der Waals surface area (Å²) < 4.78 is 34.2. The topological polar surface area (TPSA) is 307 Å². The van der Waals surface area contributed by atoms with Crippen LogP contribution in [-0.2, 0) is 33.2 Å². The maximum atomic E-state index is 13.3. The number of rotatable bonds is 42. The molecule has 77 heavy (non-hydrogen) atoms. The van der Waals surface area contributed by atoms with Crippen LogP contribution in [0.3, 0.4) is 0 Å². The van der Waals surface area contributed by atoms with E-state index in [0.717, 1.165) is 64.2 Å². The molecular weight excluding hydrogens is 999 g/mol. The lowest BCUT2D eigenvalue weighted by atomic mass is 9.96. The first-order valence-electron chi connectivity index (χ1n) is 29.4. The van der Waals surface area contributed by atoms with Gasteiger partial charge in [0.2, 0.25) is 5.91 Å². The van der Waals surface area contributed by atoms with E-state index in [9.17, 15) is 61.0 Å². The molecule has 17 unspecified atom stereocenters. The van der Waals surface area contributed by atoms with E-state index in [1.54, 1.807) is 6.08 Å². The van der Waals surface area contributed by atoms with Gasteiger partial charge in [-0.1, -0.05) is 152 Å². The van der Waals surface area contributed by atoms with Crippen molar-refractivity contribution in [1.29, 1.82) is 0 Å². The van der Waals surface area contributed by atoms with Crippen LogP contribution in [0.15, 0.2) is 48.6 Å². The minimum absolute atomic E-state index is 0.221. The summed E-state index contributed by atoms with van der Waals surface area (Å²) in [7, 11) is 0. The highest BCUT2D eigenvalue weighted by atomic mass is 16.8. The number of aliphatic hydroxyl groups excluding tert-OH is 11. The van der Waals surface area contributed by atoms with E-state index in [1.165, 1.54) is 83.5 Å². The molecule has 0 bridgehead atoms. The predicted octanol–water partition coefficient (Wildman–Crippen LogP) is 4.70. The molecule has 3 fully saturated rings. The quantitative estimate of drug-likeness (QED) is 0.0291. The molecule has 0 aromatic carbocycles. The SMILES string of the molecule is CCCCCCC/C=C\CCCCCCCC(=O)NC(COC1OC(CO)C(OC2OC(CO)C(OC3OC(CO)C(O)C(O)C3O)C(O)C2O)C(O)C1O)C(O)/C=C/CC/C=C/CC/C=C/CCCCCCCCCC. The van der Waals surface area contributed by atoms with E-state index in [2.05, 4.69) is 55.6 Å². The molecule has 0 radical (unpaired) electrons. The van der Waals surface area contributed by atoms with Crippen molar-refractivity contribution < 1.29 is 89.4 Å². The molecule has 0 spiro atoms. The molecule has 19 heteroatoms. The number of hydrogen-bond acceptors (Lipinski definition) is 18. The van der Waals surface area contributed by atoms with Gasteiger partial charge >= 0.3 is 0 Å². The third-order valence-electron chi connectivity index (χ3n) is 14.6. The number of carbonyl (C=O) groups is 1. The van der Waals surface area contributed by atoms with Crippen molar-refractivity contribution in [3.8, 4) is 0 Å². The normalized spacial score (nSPS) is 31.1. The van der Waals surface area contributed by atoms with E-state index in [-0.39, 0.29) is 18.9 Å². The number of unbranched alkanes of at least 4 members (excludes halogenated alkanes) is 20. The highest BCUT2D eigenvalue weighted by Gasteiger charge is 2.53. The average Bonchev–Trinajstić information content (AvgIpc) is 3.42. The lowest BCUT2D eigenvalue weighted by Gasteiger charge is -2.48. The lowest BCUT2D eigenvalue weighted by molar-refractivity contribution is -0.379. The summed E-state index contributed by atoms with van der Waals surface area (Å²) in [5.41, 5.74) is 0. The van der Waals surface area contributed by atoms with E-state index in [1.807, 2.05) is 6.08 Å². The Bertz CT molecular complexity index is 1600. The Morgan fingerprint density at radius 2 is 0.831 bits per heavy atom. The Kier molecular flexibility index (Phi) is 37.4. The van der Waals surface area contributed by atoms with Crippen molar-refractivity contribution in [1.82, 2.24) is 5.32 Å². The van der Waals surface area contributed by atoms with Gasteiger partial charge < -0.3 is 89.9 Å². The van der Waals surface area contributed by atoms with Crippen molar-refractivity contribution in [2.45, 2.75) is 285 Å². The Morgan fingerprint density at radius 1 is 0.455 bits per heavy atom. The van der Waals surface area contributed by atoms with Gasteiger partial charge in [-0.2, -0.15) is 0 Å². The van der Waals surface area contributed by atoms with Gasteiger partial charge in [0.1, 0.15) is 73.2 Å². The fraction of sp³-hybridized carbons (Fsp3) is 0.845. The second-order valence-electron chi connectivity index (χ2n) is 21.1. The number of amides is 1. The molecule has 3 saturated heterocycles. The van der Waals surface area contributed by atoms with E-state index < -0.39 is 124 Å². The van der Waals surface area contributed by atoms with Crippen molar-refractivity contribution in [2.24, 2.45) is 0 Å². The zero-order valence-electron chi connectivity index (χ0n) is 46.4. The molecule has 12 N–H and O–H groups in total. The van der Waals surface area contributed by atoms with Crippen LogP contribution in [0, 0.1) is 0 Å². The maximum Gasteiger partial charge on any atom is 0.220 e. The van der Waals surface area contributed by atoms with Crippen molar-refractivity contribution in [3.05, 3.63) is 48.6 Å². The summed E-state index contributed by atoms with van der Waals surface area (Å²) in [6.07, 6.45) is 18.1. The first-order valence-corrected chi connectivity index (χ1v) is 29.4. The maximum absolute atomic E-state index is 13.3. The van der Waals surface area contributed by atoms with Gasteiger partial charge in [0.15, 0.2) is 18.9 Å². The van der Waals surface area contributed by atoms with Crippen LogP contribution in [0.1, 0.15) is 181 Å². The van der Waals surface area contributed by atoms with Gasteiger partial charge in [-0.05, 0) is 70.6 Å². The average molecular weight is 1100 g/mol. The van der Waals surface area contributed by atoms with Crippen molar-refractivity contribution >= 4 is 5.91 Å². The second-order valence-corrected chi connectivity index (χ2v) is 21.1. The largest absolute Gasteiger partial charge is 0.394 e. The van der Waals surface area contributed by atoms with Gasteiger partial charge in [0.05, 0.1) is 38.6 Å². The van der Waals surface area contributed by atoms with E-state index in [0.29, 0.717) is 12.8 Å². The summed E-state index contributed by atoms with van der Waals surface area (Å²) >= 11 is 0. The minimum atomic E-state index is -1.98. The molecule has 1 amide bonds. The van der Waals surface area contributed by atoms with E-state index >= 15 is 0 Å². The fourth-order valence-electron chi connectivity index (χ4n) is 9.69. The Balaban J connectivity index is 1.54. The molecule has 3 aliphatic heterocycles. The first kappa shape index (κ1) is 69.0. The summed E-state index contributed by atoms with van der Waals surface area (Å²) in [5, 5.41) is 120. The number of ether oxygens (including phenoxy) is 6. The molecule has 0 aromatic rings. The smallest absolute Gasteiger partial charge is 0.220 e. The highest BCUT2D eigenvalue weighted by molar-refractivity contribution is 5.76. The molecular formula is C58H103NO18. The number of nitrogens with one attached hydrogen (secondary N) is 1. The third kappa shape index (κ3) is 26.0. The predicted molar refractivity (Wildman–Crippen MR) is 291 cm³/mol. The van der Waals surface area contributed by atoms with Crippen LogP contribution >= 0.6 is 0 Å². The monoisotopic (exact) mass is 1100 g/mol. The zero-order chi connectivity index (χ0) is 56.2. The Labute approximate surface area is 459 Å². The first-order chi connectivity index (χ1) is 37.3. The van der Waals surface area contributed by atoms with Crippen LogP contribution < -0.4 is 5.32 Å². The van der Waals surface area contributed by atoms with Crippen LogP contribution in [0.4, 0.5) is 0 Å². The summed E-state index contributed by atoms with van der Waals surface area (Å²) in [4.78, 5) is 13.3. The number of aliphatic hydroxyl groups is 11. The van der Waals surface area contributed by atoms with Gasteiger partial charge in [-0.15, -0.1) is 0 Å². The van der Waals surface area contributed by atoms with Crippen LogP contribution in [0.25, 0.3) is 0 Å². The third-order valence-corrected chi connectivity index (χ3v) is 14.6. The molecule has 19 nitrogen and oxygen atoms in total. The highest BCUT2D eigenvalue weighted by Crippen LogP contribution is 2.33. The van der Waals surface area contributed by atoms with Crippen LogP contribution in [0.2, 0.25) is 0 Å². The van der Waals surface area contributed by atoms with Crippen molar-refractivity contribution in [2.75, 3.05) is 26.4 Å². The van der Waals surface area contributed by atoms with Crippen LogP contribution in [-0.4, -0.2) is 193 Å².